The van der Waals surface area contributed by atoms with Gasteiger partial charge < -0.3 is 14.8 Å². The van der Waals surface area contributed by atoms with Gasteiger partial charge in [0, 0.05) is 23.3 Å². The van der Waals surface area contributed by atoms with E-state index in [9.17, 15) is 19.5 Å². The van der Waals surface area contributed by atoms with Crippen LogP contribution in [0.1, 0.15) is 37.7 Å². The molecule has 7 heteroatoms. The second kappa shape index (κ2) is 6.26. The van der Waals surface area contributed by atoms with E-state index in [1.54, 1.807) is 12.1 Å². The van der Waals surface area contributed by atoms with Gasteiger partial charge in [-0.1, -0.05) is 11.6 Å². The number of aromatic carboxylic acids is 1. The lowest BCUT2D eigenvalue weighted by atomic mass is 10.0. The minimum absolute atomic E-state index is 0.0832. The van der Waals surface area contributed by atoms with Crippen molar-refractivity contribution in [1.82, 2.24) is 4.57 Å². The zero-order valence-electron chi connectivity index (χ0n) is 12.5. The van der Waals surface area contributed by atoms with Crippen LogP contribution in [0.2, 0.25) is 5.02 Å². The third-order valence-corrected chi connectivity index (χ3v) is 3.87. The van der Waals surface area contributed by atoms with E-state index < -0.39 is 18.4 Å². The van der Waals surface area contributed by atoms with Crippen molar-refractivity contribution in [3.8, 4) is 0 Å². The van der Waals surface area contributed by atoms with Gasteiger partial charge in [-0.25, -0.2) is 4.79 Å². The van der Waals surface area contributed by atoms with Crippen LogP contribution in [-0.2, 0) is 18.3 Å². The molecular formula is C16H14ClNO5. The third-order valence-electron chi connectivity index (χ3n) is 3.61. The molecule has 0 aliphatic carbocycles. The molecule has 2 aromatic rings. The highest BCUT2D eigenvalue weighted by molar-refractivity contribution is 6.30. The molecule has 0 aliphatic heterocycles. The number of benzene rings is 1. The zero-order valence-corrected chi connectivity index (χ0v) is 13.2. The fraction of sp³-hybridized carbons (Fsp3) is 0.188. The van der Waals surface area contributed by atoms with Crippen molar-refractivity contribution in [2.75, 3.05) is 0 Å². The smallest absolute Gasteiger partial charge is 0.337 e. The Morgan fingerprint density at radius 2 is 1.70 bits per heavy atom. The summed E-state index contributed by atoms with van der Waals surface area (Å²) in [4.78, 5) is 35.1. The van der Waals surface area contributed by atoms with Crippen molar-refractivity contribution in [1.29, 1.82) is 0 Å². The number of halogens is 1. The van der Waals surface area contributed by atoms with Gasteiger partial charge in [0.1, 0.15) is 0 Å². The maximum atomic E-state index is 12.7. The molecule has 120 valence electrons. The summed E-state index contributed by atoms with van der Waals surface area (Å²) >= 11 is 5.79. The first-order valence-corrected chi connectivity index (χ1v) is 7.05. The van der Waals surface area contributed by atoms with Crippen molar-refractivity contribution < 1.29 is 24.6 Å². The van der Waals surface area contributed by atoms with Gasteiger partial charge >= 0.3 is 11.9 Å². The van der Waals surface area contributed by atoms with Crippen LogP contribution in [0.3, 0.4) is 0 Å². The monoisotopic (exact) mass is 335 g/mol. The number of hydrogen-bond acceptors (Lipinski definition) is 3. The Morgan fingerprint density at radius 1 is 1.13 bits per heavy atom. The van der Waals surface area contributed by atoms with Gasteiger partial charge in [0.05, 0.1) is 17.7 Å². The summed E-state index contributed by atoms with van der Waals surface area (Å²) in [5, 5.41) is 18.8. The SMILES string of the molecule is Cc1c(C(=O)O)c(CC(=O)O)n(C)c1C(=O)c1ccc(Cl)cc1. The van der Waals surface area contributed by atoms with E-state index in [1.807, 2.05) is 0 Å². The average molecular weight is 336 g/mol. The molecule has 6 nitrogen and oxygen atoms in total. The molecule has 1 heterocycles. The highest BCUT2D eigenvalue weighted by atomic mass is 35.5. The quantitative estimate of drug-likeness (QED) is 0.818. The zero-order chi connectivity index (χ0) is 17.3. The molecule has 0 unspecified atom stereocenters. The van der Waals surface area contributed by atoms with Gasteiger partial charge in [-0.05, 0) is 36.8 Å². The largest absolute Gasteiger partial charge is 0.481 e. The first-order chi connectivity index (χ1) is 10.7. The number of carboxylic acid groups (broad SMARTS) is 2. The molecule has 0 saturated carbocycles. The Hall–Kier alpha value is -2.60. The molecule has 0 atom stereocenters. The lowest BCUT2D eigenvalue weighted by Crippen LogP contribution is -2.13. The number of aliphatic carboxylic acids is 1. The molecule has 0 amide bonds. The van der Waals surface area contributed by atoms with Crippen LogP contribution in [0.4, 0.5) is 0 Å². The number of carboxylic acids is 2. The Bertz CT molecular complexity index is 805. The fourth-order valence-electron chi connectivity index (χ4n) is 2.58. The van der Waals surface area contributed by atoms with Crippen LogP contribution in [0.25, 0.3) is 0 Å². The summed E-state index contributed by atoms with van der Waals surface area (Å²) < 4.78 is 1.34. The number of aromatic nitrogens is 1. The topological polar surface area (TPSA) is 96.6 Å². The van der Waals surface area contributed by atoms with Gasteiger partial charge in [-0.3, -0.25) is 9.59 Å². The molecule has 0 aliphatic rings. The van der Waals surface area contributed by atoms with Crippen LogP contribution in [0, 0.1) is 6.92 Å². The van der Waals surface area contributed by atoms with E-state index in [2.05, 4.69) is 0 Å². The standard InChI is InChI=1S/C16H14ClNO5/c1-8-13(16(22)23)11(7-12(19)20)18(2)14(8)15(21)9-3-5-10(17)6-4-9/h3-6H,7H2,1-2H3,(H,19,20)(H,22,23). The minimum atomic E-state index is -1.26. The number of carbonyl (C=O) groups is 3. The molecular weight excluding hydrogens is 322 g/mol. The molecule has 0 saturated heterocycles. The lowest BCUT2D eigenvalue weighted by Gasteiger charge is -2.07. The van der Waals surface area contributed by atoms with E-state index in [0.29, 0.717) is 10.6 Å². The molecule has 23 heavy (non-hydrogen) atoms. The van der Waals surface area contributed by atoms with E-state index in [0.717, 1.165) is 0 Å². The van der Waals surface area contributed by atoms with Crippen LogP contribution in [-0.4, -0.2) is 32.5 Å². The maximum absolute atomic E-state index is 12.7. The molecule has 0 fully saturated rings. The summed E-state index contributed by atoms with van der Waals surface area (Å²) in [6, 6.07) is 6.19. The molecule has 2 rings (SSSR count). The van der Waals surface area contributed by atoms with Crippen molar-refractivity contribution in [3.63, 3.8) is 0 Å². The van der Waals surface area contributed by atoms with Crippen molar-refractivity contribution >= 4 is 29.3 Å². The van der Waals surface area contributed by atoms with E-state index in [-0.39, 0.29) is 28.3 Å². The fourth-order valence-corrected chi connectivity index (χ4v) is 2.71. The molecule has 1 aromatic heterocycles. The average Bonchev–Trinajstić information content (AvgIpc) is 2.69. The van der Waals surface area contributed by atoms with Crippen molar-refractivity contribution in [2.24, 2.45) is 7.05 Å². The van der Waals surface area contributed by atoms with Crippen LogP contribution in [0.5, 0.6) is 0 Å². The minimum Gasteiger partial charge on any atom is -0.481 e. The summed E-state index contributed by atoms with van der Waals surface area (Å²) in [5.41, 5.74) is 0.682. The molecule has 2 N–H and O–H groups in total. The van der Waals surface area contributed by atoms with E-state index >= 15 is 0 Å². The third kappa shape index (κ3) is 3.12. The number of carbonyl (C=O) groups excluding carboxylic acids is 1. The highest BCUT2D eigenvalue weighted by Crippen LogP contribution is 2.25. The Balaban J connectivity index is 2.63. The second-order valence-electron chi connectivity index (χ2n) is 5.07. The second-order valence-corrected chi connectivity index (χ2v) is 5.50. The van der Waals surface area contributed by atoms with Crippen LogP contribution >= 0.6 is 11.6 Å². The Labute approximate surface area is 136 Å². The highest BCUT2D eigenvalue weighted by Gasteiger charge is 2.28. The summed E-state index contributed by atoms with van der Waals surface area (Å²) in [5.74, 6) is -2.82. The number of ketones is 1. The van der Waals surface area contributed by atoms with Crippen molar-refractivity contribution in [3.05, 3.63) is 57.4 Å². The molecule has 0 spiro atoms. The van der Waals surface area contributed by atoms with Gasteiger partial charge in [-0.15, -0.1) is 0 Å². The normalized spacial score (nSPS) is 10.6. The molecule has 0 bridgehead atoms. The first-order valence-electron chi connectivity index (χ1n) is 6.67. The first kappa shape index (κ1) is 16.8. The predicted molar refractivity (Wildman–Crippen MR) is 83.3 cm³/mol. The summed E-state index contributed by atoms with van der Waals surface area (Å²) in [6.07, 6.45) is -0.479. The summed E-state index contributed by atoms with van der Waals surface area (Å²) in [7, 11) is 1.49. The van der Waals surface area contributed by atoms with Crippen molar-refractivity contribution in [2.45, 2.75) is 13.3 Å². The Kier molecular flexibility index (Phi) is 4.56. The number of hydrogen-bond donors (Lipinski definition) is 2. The van der Waals surface area contributed by atoms with Crippen LogP contribution in [0.15, 0.2) is 24.3 Å². The maximum Gasteiger partial charge on any atom is 0.337 e. The number of rotatable bonds is 5. The van der Waals surface area contributed by atoms with Gasteiger partial charge in [0.25, 0.3) is 0 Å². The van der Waals surface area contributed by atoms with Gasteiger partial charge in [0.2, 0.25) is 5.78 Å². The lowest BCUT2D eigenvalue weighted by molar-refractivity contribution is -0.136. The molecule has 1 aromatic carbocycles. The van der Waals surface area contributed by atoms with Crippen LogP contribution < -0.4 is 0 Å². The van der Waals surface area contributed by atoms with E-state index in [4.69, 9.17) is 16.7 Å². The number of nitrogens with zero attached hydrogens (tertiary/aromatic N) is 1. The molecule has 0 radical (unpaired) electrons. The van der Waals surface area contributed by atoms with Gasteiger partial charge in [-0.2, -0.15) is 0 Å². The van der Waals surface area contributed by atoms with E-state index in [1.165, 1.54) is 30.7 Å². The van der Waals surface area contributed by atoms with Gasteiger partial charge in [0.15, 0.2) is 0 Å². The predicted octanol–water partition coefficient (Wildman–Crippen LogP) is 2.54. The Morgan fingerprint density at radius 3 is 2.17 bits per heavy atom. The summed E-state index contributed by atoms with van der Waals surface area (Å²) in [6.45, 7) is 1.50.